The molecule has 18 heteroatoms. The predicted octanol–water partition coefficient (Wildman–Crippen LogP) is 11.2. The molecule has 0 bridgehead atoms. The number of aromatic hydroxyl groups is 3. The van der Waals surface area contributed by atoms with Crippen LogP contribution < -0.4 is 15.6 Å². The number of hydrogen-bond acceptors (Lipinski definition) is 15. The quantitative estimate of drug-likeness (QED) is 0.0693. The number of aliphatic hydroxyl groups excluding tert-OH is 1. The summed E-state index contributed by atoms with van der Waals surface area (Å²) in [5, 5.41) is 42.8. The van der Waals surface area contributed by atoms with E-state index in [0.717, 1.165) is 12.6 Å². The highest BCUT2D eigenvalue weighted by Crippen LogP contribution is 2.46. The Balaban J connectivity index is 0.000000226. The third-order valence-electron chi connectivity index (χ3n) is 12.8. The van der Waals surface area contributed by atoms with Crippen molar-refractivity contribution in [3.63, 3.8) is 0 Å². The van der Waals surface area contributed by atoms with Crippen LogP contribution in [0.15, 0.2) is 91.2 Å². The number of fused-ring (bicyclic) bond motifs is 2. The van der Waals surface area contributed by atoms with E-state index in [1.807, 2.05) is 23.9 Å². The van der Waals surface area contributed by atoms with E-state index in [0.29, 0.717) is 64.8 Å². The summed E-state index contributed by atoms with van der Waals surface area (Å²) in [4.78, 5) is 66.5. The molecule has 2 aliphatic heterocycles. The lowest BCUT2D eigenvalue weighted by molar-refractivity contribution is -0.162. The summed E-state index contributed by atoms with van der Waals surface area (Å²) in [5.74, 6) is -2.32. The van der Waals surface area contributed by atoms with Crippen molar-refractivity contribution in [2.45, 2.75) is 99.2 Å². The zero-order chi connectivity index (χ0) is 55.6. The van der Waals surface area contributed by atoms with Gasteiger partial charge in [0.1, 0.15) is 62.6 Å². The summed E-state index contributed by atoms with van der Waals surface area (Å²) in [6.07, 6.45) is -0.296. The number of piperidine rings is 2. The van der Waals surface area contributed by atoms with E-state index >= 15 is 0 Å². The lowest BCUT2D eigenvalue weighted by atomic mass is 9.84. The van der Waals surface area contributed by atoms with Gasteiger partial charge in [0.15, 0.2) is 10.9 Å². The van der Waals surface area contributed by atoms with Crippen molar-refractivity contribution in [3.8, 4) is 45.6 Å². The highest BCUT2D eigenvalue weighted by atomic mass is 35.5. The molecule has 2 fully saturated rings. The molecule has 0 radical (unpaired) electrons. The van der Waals surface area contributed by atoms with Gasteiger partial charge in [-0.3, -0.25) is 24.0 Å². The van der Waals surface area contributed by atoms with Gasteiger partial charge in [0, 0.05) is 76.9 Å². The predicted molar refractivity (Wildman–Crippen MR) is 291 cm³/mol. The first-order chi connectivity index (χ1) is 34.9. The molecule has 15 nitrogen and oxygen atoms in total. The van der Waals surface area contributed by atoms with Gasteiger partial charge < -0.3 is 48.5 Å². The van der Waals surface area contributed by atoms with Crippen LogP contribution in [-0.4, -0.2) is 99.9 Å². The zero-order valence-corrected chi connectivity index (χ0v) is 46.2. The summed E-state index contributed by atoms with van der Waals surface area (Å²) in [7, 11) is 3.84. The summed E-state index contributed by atoms with van der Waals surface area (Å²) >= 11 is 17.8. The number of halogens is 3. The van der Waals surface area contributed by atoms with E-state index in [1.165, 1.54) is 18.2 Å². The number of phenols is 3. The number of carbonyl (C=O) groups is 3. The Kier molecular flexibility index (Phi) is 18.0. The molecule has 4 aromatic carbocycles. The molecule has 8 rings (SSSR count). The minimum absolute atomic E-state index is 0.0188. The Morgan fingerprint density at radius 3 is 1.51 bits per heavy atom. The van der Waals surface area contributed by atoms with Crippen molar-refractivity contribution in [1.82, 2.24) is 9.80 Å². The summed E-state index contributed by atoms with van der Waals surface area (Å²) in [5.41, 5.74) is -1.03. The number of esters is 2. The molecule has 2 saturated heterocycles. The molecule has 6 aromatic rings. The molecule has 4 heterocycles. The van der Waals surface area contributed by atoms with Gasteiger partial charge in [0.2, 0.25) is 5.24 Å². The van der Waals surface area contributed by atoms with Crippen LogP contribution in [-0.2, 0) is 19.1 Å². The summed E-state index contributed by atoms with van der Waals surface area (Å²) < 4.78 is 24.2. The molecule has 2 aromatic heterocycles. The maximum Gasteiger partial charge on any atom is 0.316 e. The fraction of sp³-hybridized carbons (Fsp3) is 0.421. The van der Waals surface area contributed by atoms with Gasteiger partial charge in [0.05, 0.1) is 27.0 Å². The number of nitrogens with zero attached hydrogens (tertiary/aromatic N) is 2. The second kappa shape index (κ2) is 23.1. The van der Waals surface area contributed by atoms with Crippen molar-refractivity contribution >= 4 is 73.9 Å². The standard InChI is InChI=1S/C31H36ClNO7.C21H20ClNO5.C5H9ClO/c1-30(2,3)28(36)39-23-15-21(35)26-20(34)14-22(17-10-8-9-11-19(17)32)38-27(26)25(23)18-12-13-33(7)16-24(18)40-29(37)31(4,5)6;1-23-7-6-12(17(27)10-23)19-14(24)8-15(25)20-16(26)9-18(28-21(19)20)11-4-2-3-5-13(11)22;1-5(2,3)4(6)7/h8-11,14-15,18,24,35H,12-13,16H2,1-7H3;2-5,8-9,12,17,24-25,27H,6-7,10H2,1H3;1-3H3/t18-,24+;12-,17+;/m00./s1. The van der Waals surface area contributed by atoms with Crippen molar-refractivity contribution < 1.29 is 53.1 Å². The lowest BCUT2D eigenvalue weighted by Crippen LogP contribution is -2.44. The topological polar surface area (TPSA) is 217 Å². The third kappa shape index (κ3) is 13.5. The molecule has 0 spiro atoms. The van der Waals surface area contributed by atoms with Gasteiger partial charge in [-0.2, -0.15) is 0 Å². The van der Waals surface area contributed by atoms with Crippen LogP contribution in [0.5, 0.6) is 23.0 Å². The number of rotatable bonds is 6. The minimum atomic E-state index is -0.854. The first-order valence-corrected chi connectivity index (χ1v) is 25.6. The SMILES string of the molecule is CC(C)(C)C(=O)Cl.CN1CC[C@H](c2c(O)cc(O)c3c(=O)cc(-c4ccccc4Cl)oc23)[C@H](O)C1.CN1CC[C@H](c2c(OC(=O)C(C)(C)C)cc(O)c3c(=O)cc(-c4ccccc4Cl)oc23)[C@H](OC(=O)C(C)(C)C)C1. The zero-order valence-electron chi connectivity index (χ0n) is 44.0. The molecule has 0 amide bonds. The van der Waals surface area contributed by atoms with E-state index in [-0.39, 0.29) is 73.1 Å². The van der Waals surface area contributed by atoms with E-state index in [9.17, 15) is 44.4 Å². The third-order valence-corrected chi connectivity index (χ3v) is 14.0. The molecule has 2 aliphatic rings. The highest BCUT2D eigenvalue weighted by molar-refractivity contribution is 6.64. The molecule has 4 atom stereocenters. The van der Waals surface area contributed by atoms with Gasteiger partial charge >= 0.3 is 11.9 Å². The molecular formula is C57H65Cl3N2O13. The monoisotopic (exact) mass is 1090 g/mol. The normalized spacial score (nSPS) is 18.6. The number of aliphatic hydroxyl groups is 1. The Morgan fingerprint density at radius 2 is 1.05 bits per heavy atom. The van der Waals surface area contributed by atoms with Crippen molar-refractivity contribution in [2.24, 2.45) is 16.2 Å². The maximum atomic E-state index is 13.4. The van der Waals surface area contributed by atoms with Crippen molar-refractivity contribution in [2.75, 3.05) is 40.3 Å². The van der Waals surface area contributed by atoms with E-state index in [1.54, 1.807) is 111 Å². The Morgan fingerprint density at radius 1 is 0.613 bits per heavy atom. The number of likely N-dealkylation sites (N-methyl/N-ethyl adjacent to an activating group) is 2. The minimum Gasteiger partial charge on any atom is -0.507 e. The maximum absolute atomic E-state index is 13.4. The Bertz CT molecular complexity index is 3240. The molecule has 0 aliphatic carbocycles. The number of hydrogen-bond donors (Lipinski definition) is 4. The number of benzene rings is 4. The molecule has 0 saturated carbocycles. The smallest absolute Gasteiger partial charge is 0.316 e. The largest absolute Gasteiger partial charge is 0.507 e. The van der Waals surface area contributed by atoms with Crippen LogP contribution >= 0.6 is 34.8 Å². The molecule has 75 heavy (non-hydrogen) atoms. The Hall–Kier alpha value is -5.94. The first-order valence-electron chi connectivity index (χ1n) is 24.4. The second-order valence-corrected chi connectivity index (χ2v) is 23.4. The van der Waals surface area contributed by atoms with Crippen molar-refractivity contribution in [1.29, 1.82) is 0 Å². The van der Waals surface area contributed by atoms with Gasteiger partial charge in [0.25, 0.3) is 0 Å². The van der Waals surface area contributed by atoms with Gasteiger partial charge in [-0.15, -0.1) is 0 Å². The fourth-order valence-electron chi connectivity index (χ4n) is 8.53. The molecular weight excluding hydrogens is 1030 g/mol. The van der Waals surface area contributed by atoms with E-state index in [2.05, 4.69) is 0 Å². The van der Waals surface area contributed by atoms with Gasteiger partial charge in [-0.25, -0.2) is 0 Å². The average molecular weight is 1090 g/mol. The van der Waals surface area contributed by atoms with Crippen molar-refractivity contribution in [3.05, 3.63) is 114 Å². The molecule has 0 unspecified atom stereocenters. The van der Waals surface area contributed by atoms with Crippen LogP contribution in [0.3, 0.4) is 0 Å². The van der Waals surface area contributed by atoms with Crippen LogP contribution in [0.4, 0.5) is 0 Å². The number of phenolic OH excluding ortho intramolecular Hbond substituents is 3. The van der Waals surface area contributed by atoms with Crippen LogP contribution in [0.25, 0.3) is 44.6 Å². The summed E-state index contributed by atoms with van der Waals surface area (Å²) in [6, 6.07) is 18.8. The van der Waals surface area contributed by atoms with Crippen LogP contribution in [0.2, 0.25) is 10.0 Å². The lowest BCUT2D eigenvalue weighted by Gasteiger charge is -2.38. The number of carbonyl (C=O) groups excluding carboxylic acids is 3. The van der Waals surface area contributed by atoms with E-state index in [4.69, 9.17) is 53.1 Å². The summed E-state index contributed by atoms with van der Waals surface area (Å²) in [6.45, 7) is 18.0. The number of likely N-dealkylation sites (tertiary alicyclic amines) is 2. The van der Waals surface area contributed by atoms with E-state index < -0.39 is 51.7 Å². The number of β-amino-alcohol motifs (C(OH)–C–C–N with tert-alkyl or cyclic N) is 1. The van der Waals surface area contributed by atoms with Crippen LogP contribution in [0, 0.1) is 16.2 Å². The van der Waals surface area contributed by atoms with Crippen LogP contribution in [0.1, 0.15) is 98.1 Å². The average Bonchev–Trinajstić information content (AvgIpc) is 3.29. The highest BCUT2D eigenvalue weighted by Gasteiger charge is 2.40. The van der Waals surface area contributed by atoms with Gasteiger partial charge in [-0.1, -0.05) is 68.2 Å². The Labute approximate surface area is 450 Å². The fourth-order valence-corrected chi connectivity index (χ4v) is 8.99. The molecule has 4 N–H and O–H groups in total. The first kappa shape index (κ1) is 58.3. The van der Waals surface area contributed by atoms with Gasteiger partial charge in [-0.05, 0) is 117 Å². The molecule has 402 valence electrons. The second-order valence-electron chi connectivity index (χ2n) is 22.2. The number of ether oxygens (including phenoxy) is 2.